The molecule has 0 radical (unpaired) electrons. The largest absolute Gasteiger partial charge is 0.342 e. The van der Waals surface area contributed by atoms with Crippen LogP contribution in [0.5, 0.6) is 0 Å². The van der Waals surface area contributed by atoms with Gasteiger partial charge in [0.1, 0.15) is 0 Å². The zero-order valence-corrected chi connectivity index (χ0v) is 16.4. The average Bonchev–Trinajstić information content (AvgIpc) is 2.97. The number of hydrogen-bond acceptors (Lipinski definition) is 2. The number of carbonyl (C=O) groups excluding carboxylic acids is 1. The first-order chi connectivity index (χ1) is 11.8. The van der Waals surface area contributed by atoms with Gasteiger partial charge >= 0.3 is 0 Å². The van der Waals surface area contributed by atoms with Gasteiger partial charge in [-0.15, -0.1) is 11.6 Å². The summed E-state index contributed by atoms with van der Waals surface area (Å²) in [5.41, 5.74) is 4.40. The number of alkyl halides is 1. The molecule has 0 saturated carbocycles. The van der Waals surface area contributed by atoms with E-state index in [0.717, 1.165) is 38.0 Å². The van der Waals surface area contributed by atoms with E-state index in [9.17, 15) is 4.79 Å². The van der Waals surface area contributed by atoms with Crippen molar-refractivity contribution in [2.24, 2.45) is 11.3 Å². The molecule has 1 aromatic heterocycles. The Morgan fingerprint density at radius 1 is 1.24 bits per heavy atom. The molecule has 2 aromatic rings. The van der Waals surface area contributed by atoms with Gasteiger partial charge in [-0.2, -0.15) is 0 Å². The van der Waals surface area contributed by atoms with Crippen molar-refractivity contribution < 1.29 is 4.79 Å². The quantitative estimate of drug-likeness (QED) is 0.767. The van der Waals surface area contributed by atoms with E-state index in [1.54, 1.807) is 0 Å². The van der Waals surface area contributed by atoms with Crippen molar-refractivity contribution in [2.75, 3.05) is 19.0 Å². The number of aromatic nitrogens is 2. The predicted octanol–water partition coefficient (Wildman–Crippen LogP) is 4.16. The first kappa shape index (κ1) is 18.2. The van der Waals surface area contributed by atoms with E-state index in [2.05, 4.69) is 35.5 Å². The number of carbonyl (C=O) groups is 1. The van der Waals surface area contributed by atoms with Crippen LogP contribution in [0.25, 0.3) is 11.0 Å². The number of piperidine rings is 1. The molecular weight excluding hydrogens is 334 g/mol. The fourth-order valence-corrected chi connectivity index (χ4v) is 3.66. The Morgan fingerprint density at radius 2 is 1.88 bits per heavy atom. The van der Waals surface area contributed by atoms with Crippen molar-refractivity contribution >= 4 is 28.5 Å². The summed E-state index contributed by atoms with van der Waals surface area (Å²) in [6.07, 6.45) is 4.03. The minimum absolute atomic E-state index is 0.181. The third-order valence-electron chi connectivity index (χ3n) is 5.51. The van der Waals surface area contributed by atoms with Crippen LogP contribution in [0.15, 0.2) is 18.5 Å². The van der Waals surface area contributed by atoms with Crippen LogP contribution < -0.4 is 0 Å². The highest BCUT2D eigenvalue weighted by atomic mass is 35.5. The van der Waals surface area contributed by atoms with Gasteiger partial charge in [0.2, 0.25) is 5.91 Å². The summed E-state index contributed by atoms with van der Waals surface area (Å²) in [5.74, 6) is 1.13. The predicted molar refractivity (Wildman–Crippen MR) is 103 cm³/mol. The summed E-state index contributed by atoms with van der Waals surface area (Å²) >= 11 is 5.95. The minimum atomic E-state index is -0.468. The molecule has 0 N–H and O–H groups in total. The van der Waals surface area contributed by atoms with Gasteiger partial charge in [0.15, 0.2) is 0 Å². The molecular formula is C20H28ClN3O. The van der Waals surface area contributed by atoms with E-state index < -0.39 is 5.41 Å². The molecule has 0 spiro atoms. The highest BCUT2D eigenvalue weighted by molar-refractivity contribution is 6.19. The van der Waals surface area contributed by atoms with Crippen LogP contribution in [0.2, 0.25) is 0 Å². The molecule has 4 nitrogen and oxygen atoms in total. The summed E-state index contributed by atoms with van der Waals surface area (Å²) in [6, 6.07) is 4.40. The van der Waals surface area contributed by atoms with Crippen LogP contribution >= 0.6 is 11.6 Å². The molecule has 5 heteroatoms. The Morgan fingerprint density at radius 3 is 2.52 bits per heavy atom. The number of halogens is 1. The smallest absolute Gasteiger partial charge is 0.229 e. The van der Waals surface area contributed by atoms with Gasteiger partial charge in [0.25, 0.3) is 0 Å². The van der Waals surface area contributed by atoms with Crippen LogP contribution in [-0.2, 0) is 11.3 Å². The molecule has 136 valence electrons. The molecule has 0 aliphatic carbocycles. The van der Waals surface area contributed by atoms with Crippen LogP contribution in [0, 0.1) is 25.2 Å². The number of fused-ring (bicyclic) bond motifs is 1. The second-order valence-electron chi connectivity index (χ2n) is 8.08. The number of nitrogens with zero attached hydrogens (tertiary/aromatic N) is 3. The van der Waals surface area contributed by atoms with Gasteiger partial charge < -0.3 is 9.47 Å². The first-order valence-corrected chi connectivity index (χ1v) is 9.62. The molecule has 0 bridgehead atoms. The zero-order chi connectivity index (χ0) is 18.2. The topological polar surface area (TPSA) is 38.1 Å². The second-order valence-corrected chi connectivity index (χ2v) is 8.34. The number of likely N-dealkylation sites (tertiary alicyclic amines) is 1. The SMILES string of the molecule is Cc1cc2ncn(CC3CCN(C(=O)C(C)(C)CCl)CC3)c2cc1C. The van der Waals surface area contributed by atoms with Crippen molar-refractivity contribution in [3.05, 3.63) is 29.6 Å². The van der Waals surface area contributed by atoms with Gasteiger partial charge in [0.05, 0.1) is 22.8 Å². The van der Waals surface area contributed by atoms with Crippen molar-refractivity contribution in [3.63, 3.8) is 0 Å². The second kappa shape index (κ2) is 6.99. The van der Waals surface area contributed by atoms with Crippen molar-refractivity contribution in [1.29, 1.82) is 0 Å². The van der Waals surface area contributed by atoms with E-state index in [4.69, 9.17) is 11.6 Å². The highest BCUT2D eigenvalue weighted by Gasteiger charge is 2.33. The molecule has 3 rings (SSSR count). The summed E-state index contributed by atoms with van der Waals surface area (Å²) in [5, 5.41) is 0. The van der Waals surface area contributed by atoms with Gasteiger partial charge in [-0.05, 0) is 69.7 Å². The number of benzene rings is 1. The molecule has 1 saturated heterocycles. The van der Waals surface area contributed by atoms with Gasteiger partial charge in [-0.1, -0.05) is 0 Å². The summed E-state index contributed by atoms with van der Waals surface area (Å²) in [4.78, 5) is 19.1. The Kier molecular flexibility index (Phi) is 5.10. The Bertz CT molecular complexity index is 773. The van der Waals surface area contributed by atoms with Crippen LogP contribution in [-0.4, -0.2) is 39.3 Å². The Hall–Kier alpha value is -1.55. The normalized spacial score (nSPS) is 16.6. The van der Waals surface area contributed by atoms with E-state index in [0.29, 0.717) is 11.8 Å². The molecule has 0 atom stereocenters. The highest BCUT2D eigenvalue weighted by Crippen LogP contribution is 2.27. The summed E-state index contributed by atoms with van der Waals surface area (Å²) in [6.45, 7) is 10.8. The average molecular weight is 362 g/mol. The van der Waals surface area contributed by atoms with Crippen LogP contribution in [0.1, 0.15) is 37.8 Å². The Labute approximate surface area is 155 Å². The van der Waals surface area contributed by atoms with Crippen LogP contribution in [0.4, 0.5) is 0 Å². The molecule has 1 amide bonds. The molecule has 1 aliphatic heterocycles. The summed E-state index contributed by atoms with van der Waals surface area (Å²) < 4.78 is 2.27. The molecule has 1 fully saturated rings. The van der Waals surface area contributed by atoms with Gasteiger partial charge in [0, 0.05) is 25.5 Å². The van der Waals surface area contributed by atoms with E-state index >= 15 is 0 Å². The van der Waals surface area contributed by atoms with Gasteiger partial charge in [-0.3, -0.25) is 4.79 Å². The van der Waals surface area contributed by atoms with Crippen molar-refractivity contribution in [1.82, 2.24) is 14.5 Å². The van der Waals surface area contributed by atoms with E-state index in [1.165, 1.54) is 16.6 Å². The van der Waals surface area contributed by atoms with E-state index in [-0.39, 0.29) is 5.91 Å². The van der Waals surface area contributed by atoms with Gasteiger partial charge in [-0.25, -0.2) is 4.98 Å². The molecule has 1 aromatic carbocycles. The molecule has 0 unspecified atom stereocenters. The first-order valence-electron chi connectivity index (χ1n) is 9.09. The van der Waals surface area contributed by atoms with E-state index in [1.807, 2.05) is 25.1 Å². The number of imidazole rings is 1. The number of aryl methyl sites for hydroxylation is 2. The lowest BCUT2D eigenvalue weighted by molar-refractivity contribution is -0.140. The lowest BCUT2D eigenvalue weighted by Gasteiger charge is -2.36. The Balaban J connectivity index is 1.65. The third kappa shape index (κ3) is 3.69. The maximum Gasteiger partial charge on any atom is 0.229 e. The molecule has 2 heterocycles. The fraction of sp³-hybridized carbons (Fsp3) is 0.600. The number of hydrogen-bond donors (Lipinski definition) is 0. The minimum Gasteiger partial charge on any atom is -0.342 e. The third-order valence-corrected chi connectivity index (χ3v) is 6.17. The standard InChI is InChI=1S/C20H28ClN3O/c1-14-9-17-18(10-15(14)2)24(13-22-17)11-16-5-7-23(8-6-16)19(25)20(3,4)12-21/h9-10,13,16H,5-8,11-12H2,1-4H3. The van der Waals surface area contributed by atoms with Crippen LogP contribution in [0.3, 0.4) is 0 Å². The molecule has 1 aliphatic rings. The maximum absolute atomic E-state index is 12.5. The van der Waals surface area contributed by atoms with Crippen molar-refractivity contribution in [2.45, 2.75) is 47.1 Å². The molecule has 25 heavy (non-hydrogen) atoms. The lowest BCUT2D eigenvalue weighted by atomic mass is 9.91. The number of rotatable bonds is 4. The zero-order valence-electron chi connectivity index (χ0n) is 15.7. The maximum atomic E-state index is 12.5. The lowest BCUT2D eigenvalue weighted by Crippen LogP contribution is -2.46. The fourth-order valence-electron chi connectivity index (χ4n) is 3.54. The number of amides is 1. The van der Waals surface area contributed by atoms with Crippen molar-refractivity contribution in [3.8, 4) is 0 Å². The summed E-state index contributed by atoms with van der Waals surface area (Å²) in [7, 11) is 0. The monoisotopic (exact) mass is 361 g/mol.